The smallest absolute Gasteiger partial charge is 0.339 e. The van der Waals surface area contributed by atoms with E-state index in [-0.39, 0.29) is 5.92 Å². The van der Waals surface area contributed by atoms with Gasteiger partial charge < -0.3 is 19.7 Å². The number of hydrogen-bond donors (Lipinski definition) is 1. The number of halogens is 1. The van der Waals surface area contributed by atoms with Gasteiger partial charge in [0.25, 0.3) is 0 Å². The van der Waals surface area contributed by atoms with Crippen LogP contribution in [0.1, 0.15) is 38.2 Å². The highest BCUT2D eigenvalue weighted by Gasteiger charge is 2.53. The topological polar surface area (TPSA) is 80.8 Å². The number of nitrogens with zero attached hydrogens (tertiary/aromatic N) is 2. The molecule has 2 aliphatic rings. The lowest BCUT2D eigenvalue weighted by molar-refractivity contribution is -0.0156. The number of aromatic nitrogens is 1. The number of ether oxygens (including phenoxy) is 2. The van der Waals surface area contributed by atoms with Crippen LogP contribution in [0.25, 0.3) is 0 Å². The third-order valence-corrected chi connectivity index (χ3v) is 6.72. The number of rotatable bonds is 6. The molecule has 2 aliphatic heterocycles. The van der Waals surface area contributed by atoms with Gasteiger partial charge >= 0.3 is 5.97 Å². The van der Waals surface area contributed by atoms with E-state index in [9.17, 15) is 9.59 Å². The van der Waals surface area contributed by atoms with Crippen molar-refractivity contribution in [3.8, 4) is 0 Å². The molecular formula is C20H22ClN3O4S. The summed E-state index contributed by atoms with van der Waals surface area (Å²) in [7, 11) is 1.84. The van der Waals surface area contributed by atoms with Crippen LogP contribution in [0.4, 0.5) is 5.13 Å². The van der Waals surface area contributed by atoms with Crippen molar-refractivity contribution in [2.45, 2.75) is 12.5 Å². The highest BCUT2D eigenvalue weighted by Crippen LogP contribution is 2.49. The van der Waals surface area contributed by atoms with Gasteiger partial charge in [-0.3, -0.25) is 4.79 Å². The summed E-state index contributed by atoms with van der Waals surface area (Å²) in [5.74, 6) is -0.625. The second kappa shape index (κ2) is 8.02. The molecule has 2 atom stereocenters. The molecule has 1 saturated heterocycles. The fourth-order valence-electron chi connectivity index (χ4n) is 4.05. The molecule has 0 amide bonds. The maximum atomic E-state index is 12.8. The molecule has 0 radical (unpaired) electrons. The van der Waals surface area contributed by atoms with Crippen molar-refractivity contribution in [3.05, 3.63) is 44.9 Å². The predicted molar refractivity (Wildman–Crippen MR) is 111 cm³/mol. The molecule has 2 unspecified atom stereocenters. The molecule has 3 heterocycles. The zero-order valence-electron chi connectivity index (χ0n) is 16.2. The van der Waals surface area contributed by atoms with Crippen LogP contribution in [-0.4, -0.2) is 57.1 Å². The van der Waals surface area contributed by atoms with E-state index in [0.717, 1.165) is 11.4 Å². The number of cyclic esters (lactones) is 1. The number of benzene rings is 1. The Kier molecular flexibility index (Phi) is 5.61. The number of thiazole rings is 1. The van der Waals surface area contributed by atoms with Crippen molar-refractivity contribution in [1.82, 2.24) is 10.3 Å². The monoisotopic (exact) mass is 435 g/mol. The van der Waals surface area contributed by atoms with Crippen LogP contribution in [0.3, 0.4) is 0 Å². The van der Waals surface area contributed by atoms with Crippen LogP contribution in [0.5, 0.6) is 0 Å². The van der Waals surface area contributed by atoms with E-state index in [2.05, 4.69) is 10.2 Å². The van der Waals surface area contributed by atoms with Crippen molar-refractivity contribution in [1.29, 1.82) is 0 Å². The molecule has 0 bridgehead atoms. The van der Waals surface area contributed by atoms with Crippen molar-refractivity contribution in [2.24, 2.45) is 5.92 Å². The van der Waals surface area contributed by atoms with Crippen molar-refractivity contribution >= 4 is 40.3 Å². The second-order valence-electron chi connectivity index (χ2n) is 7.20. The van der Waals surface area contributed by atoms with Gasteiger partial charge in [0.1, 0.15) is 5.69 Å². The van der Waals surface area contributed by atoms with E-state index in [1.807, 2.05) is 14.0 Å². The van der Waals surface area contributed by atoms with Gasteiger partial charge in [-0.2, -0.15) is 0 Å². The fourth-order valence-corrected chi connectivity index (χ4v) is 5.21. The SMILES string of the molecule is CNCC(C)C1(c2nc(N3CCOCC3)sc2C=O)OC(=O)c2cc(Cl)ccc21. The largest absolute Gasteiger partial charge is 0.444 e. The summed E-state index contributed by atoms with van der Waals surface area (Å²) in [6.07, 6.45) is 0.798. The number of morpholine rings is 1. The standard InChI is InChI=1S/C20H22ClN3O4S/c1-12(10-22-2)20(15-4-3-13(21)9-14(15)18(26)28-20)17-16(11-25)29-19(23-17)24-5-7-27-8-6-24/h3-4,9,11-12,22H,5-8,10H2,1-2H3. The minimum Gasteiger partial charge on any atom is -0.444 e. The molecule has 4 rings (SSSR count). The number of carbonyl (C=O) groups is 2. The van der Waals surface area contributed by atoms with Crippen molar-refractivity contribution in [2.75, 3.05) is 44.8 Å². The second-order valence-corrected chi connectivity index (χ2v) is 8.65. The third-order valence-electron chi connectivity index (χ3n) is 5.44. The average Bonchev–Trinajstić information content (AvgIpc) is 3.29. The number of esters is 1. The summed E-state index contributed by atoms with van der Waals surface area (Å²) in [5, 5.41) is 4.34. The Bertz CT molecular complexity index is 944. The Morgan fingerprint density at radius 3 is 2.86 bits per heavy atom. The number of nitrogens with one attached hydrogen (secondary N) is 1. The van der Waals surface area contributed by atoms with Gasteiger partial charge in [0.05, 0.1) is 23.7 Å². The summed E-state index contributed by atoms with van der Waals surface area (Å²) in [4.78, 5) is 32.2. The zero-order valence-corrected chi connectivity index (χ0v) is 17.8. The number of hydrogen-bond acceptors (Lipinski definition) is 8. The fraction of sp³-hybridized carbons (Fsp3) is 0.450. The highest BCUT2D eigenvalue weighted by molar-refractivity contribution is 7.17. The summed E-state index contributed by atoms with van der Waals surface area (Å²) >= 11 is 7.44. The third kappa shape index (κ3) is 3.34. The van der Waals surface area contributed by atoms with Gasteiger partial charge in [-0.15, -0.1) is 0 Å². The van der Waals surface area contributed by atoms with Crippen molar-refractivity contribution < 1.29 is 19.1 Å². The van der Waals surface area contributed by atoms with Crippen LogP contribution >= 0.6 is 22.9 Å². The van der Waals surface area contributed by atoms with E-state index in [1.54, 1.807) is 18.2 Å². The Labute approximate surface area is 178 Å². The van der Waals surface area contributed by atoms with Gasteiger partial charge in [-0.1, -0.05) is 35.9 Å². The molecule has 154 valence electrons. The minimum absolute atomic E-state index is 0.169. The molecule has 1 aromatic carbocycles. The molecule has 0 spiro atoms. The molecule has 29 heavy (non-hydrogen) atoms. The Morgan fingerprint density at radius 2 is 2.17 bits per heavy atom. The lowest BCUT2D eigenvalue weighted by Crippen LogP contribution is -2.41. The molecule has 9 heteroatoms. The first-order valence-corrected chi connectivity index (χ1v) is 10.7. The van der Waals surface area contributed by atoms with Gasteiger partial charge in [-0.05, 0) is 19.2 Å². The van der Waals surface area contributed by atoms with E-state index in [1.165, 1.54) is 11.3 Å². The number of carbonyl (C=O) groups excluding carboxylic acids is 2. The number of aldehydes is 1. The van der Waals surface area contributed by atoms with Crippen LogP contribution in [0, 0.1) is 5.92 Å². The Balaban J connectivity index is 1.89. The maximum absolute atomic E-state index is 12.8. The first-order valence-electron chi connectivity index (χ1n) is 9.48. The quantitative estimate of drug-likeness (QED) is 0.552. The van der Waals surface area contributed by atoms with E-state index < -0.39 is 11.6 Å². The molecule has 2 aromatic rings. The zero-order chi connectivity index (χ0) is 20.6. The van der Waals surface area contributed by atoms with Crippen LogP contribution in [0.15, 0.2) is 18.2 Å². The molecule has 1 N–H and O–H groups in total. The molecule has 1 fully saturated rings. The van der Waals surface area contributed by atoms with Crippen LogP contribution < -0.4 is 10.2 Å². The molecule has 0 saturated carbocycles. The lowest BCUT2D eigenvalue weighted by Gasteiger charge is -2.34. The van der Waals surface area contributed by atoms with Gasteiger partial charge in [0, 0.05) is 36.1 Å². The normalized spacial score (nSPS) is 22.3. The predicted octanol–water partition coefficient (Wildman–Crippen LogP) is 2.72. The maximum Gasteiger partial charge on any atom is 0.339 e. The number of anilines is 1. The van der Waals surface area contributed by atoms with E-state index in [0.29, 0.717) is 59.6 Å². The molecule has 1 aromatic heterocycles. The van der Waals surface area contributed by atoms with Gasteiger partial charge in [0.15, 0.2) is 17.0 Å². The van der Waals surface area contributed by atoms with Crippen LogP contribution in [-0.2, 0) is 15.1 Å². The minimum atomic E-state index is -1.16. The highest BCUT2D eigenvalue weighted by atomic mass is 35.5. The summed E-state index contributed by atoms with van der Waals surface area (Å²) in [6, 6.07) is 5.15. The lowest BCUT2D eigenvalue weighted by atomic mass is 9.78. The Hall–Kier alpha value is -2.00. The van der Waals surface area contributed by atoms with Gasteiger partial charge in [-0.25, -0.2) is 9.78 Å². The summed E-state index contributed by atoms with van der Waals surface area (Å²) in [5.41, 5.74) is 0.433. The number of fused-ring (bicyclic) bond motifs is 1. The van der Waals surface area contributed by atoms with Crippen molar-refractivity contribution in [3.63, 3.8) is 0 Å². The van der Waals surface area contributed by atoms with Gasteiger partial charge in [0.2, 0.25) is 0 Å². The molecule has 7 nitrogen and oxygen atoms in total. The average molecular weight is 436 g/mol. The first-order chi connectivity index (χ1) is 14.0. The van der Waals surface area contributed by atoms with E-state index >= 15 is 0 Å². The molecule has 0 aliphatic carbocycles. The van der Waals surface area contributed by atoms with Crippen LogP contribution in [0.2, 0.25) is 5.02 Å². The summed E-state index contributed by atoms with van der Waals surface area (Å²) in [6.45, 7) is 5.19. The molecular weight excluding hydrogens is 414 g/mol. The summed E-state index contributed by atoms with van der Waals surface area (Å²) < 4.78 is 11.4. The first kappa shape index (κ1) is 20.3. The van der Waals surface area contributed by atoms with E-state index in [4.69, 9.17) is 26.1 Å². The Morgan fingerprint density at radius 1 is 1.41 bits per heavy atom.